The molecule has 2 aromatic rings. The van der Waals surface area contributed by atoms with Gasteiger partial charge in [-0.1, -0.05) is 0 Å². The number of carbonyl (C=O) groups is 1. The van der Waals surface area contributed by atoms with Crippen LogP contribution < -0.4 is 9.80 Å². The number of aromatic nitrogens is 2. The fourth-order valence-corrected chi connectivity index (χ4v) is 4.06. The maximum absolute atomic E-state index is 13.7. The Morgan fingerprint density at radius 3 is 2.09 bits per heavy atom. The van der Waals surface area contributed by atoms with E-state index in [-0.39, 0.29) is 18.1 Å². The molecule has 2 fully saturated rings. The van der Waals surface area contributed by atoms with Crippen LogP contribution in [0.4, 0.5) is 20.4 Å². The van der Waals surface area contributed by atoms with Gasteiger partial charge in [-0.15, -0.1) is 10.2 Å². The lowest BCUT2D eigenvalue weighted by Gasteiger charge is -2.36. The monoisotopic (exact) mass is 458 g/mol. The Morgan fingerprint density at radius 1 is 0.909 bits per heavy atom. The number of hydrogen-bond acceptors (Lipinski definition) is 7. The van der Waals surface area contributed by atoms with Gasteiger partial charge >= 0.3 is 0 Å². The van der Waals surface area contributed by atoms with Gasteiger partial charge in [0.15, 0.2) is 11.6 Å². The van der Waals surface area contributed by atoms with Crippen LogP contribution in [-0.4, -0.2) is 96.5 Å². The molecular weight excluding hydrogens is 430 g/mol. The zero-order chi connectivity index (χ0) is 23.2. The van der Waals surface area contributed by atoms with Crippen molar-refractivity contribution in [3.63, 3.8) is 0 Å². The third-order valence-electron chi connectivity index (χ3n) is 6.03. The molecule has 0 bridgehead atoms. The van der Waals surface area contributed by atoms with Crippen molar-refractivity contribution in [2.45, 2.75) is 0 Å². The van der Waals surface area contributed by atoms with Gasteiger partial charge in [0.1, 0.15) is 11.6 Å². The second-order valence-corrected chi connectivity index (χ2v) is 8.11. The maximum atomic E-state index is 13.7. The maximum Gasteiger partial charge on any atom is 0.246 e. The summed E-state index contributed by atoms with van der Waals surface area (Å²) < 4.78 is 27.0. The summed E-state index contributed by atoms with van der Waals surface area (Å²) in [4.78, 5) is 20.6. The SMILES string of the molecule is O=C(/C=C/c1cc(F)ccc1F)N1CCN(c2ccc(N3CCN(CCO)CC3)nn2)CC1. The molecule has 1 aromatic carbocycles. The zero-order valence-corrected chi connectivity index (χ0v) is 18.4. The number of amides is 1. The summed E-state index contributed by atoms with van der Waals surface area (Å²) in [5, 5.41) is 17.8. The number of anilines is 2. The van der Waals surface area contributed by atoms with Gasteiger partial charge in [-0.25, -0.2) is 8.78 Å². The second-order valence-electron chi connectivity index (χ2n) is 8.11. The molecule has 33 heavy (non-hydrogen) atoms. The van der Waals surface area contributed by atoms with E-state index in [0.717, 1.165) is 56.0 Å². The molecule has 3 heterocycles. The highest BCUT2D eigenvalue weighted by molar-refractivity contribution is 5.92. The molecule has 1 N–H and O–H groups in total. The predicted octanol–water partition coefficient (Wildman–Crippen LogP) is 1.23. The van der Waals surface area contributed by atoms with Gasteiger partial charge < -0.3 is 19.8 Å². The van der Waals surface area contributed by atoms with Gasteiger partial charge in [0.05, 0.1) is 6.61 Å². The molecule has 0 aliphatic carbocycles. The number of halogens is 2. The predicted molar refractivity (Wildman–Crippen MR) is 122 cm³/mol. The number of nitrogens with zero attached hydrogens (tertiary/aromatic N) is 6. The first-order valence-corrected chi connectivity index (χ1v) is 11.1. The summed E-state index contributed by atoms with van der Waals surface area (Å²) in [6.45, 7) is 6.59. The van der Waals surface area contributed by atoms with Crippen LogP contribution in [0.15, 0.2) is 36.4 Å². The van der Waals surface area contributed by atoms with Crippen molar-refractivity contribution in [3.8, 4) is 0 Å². The molecule has 0 unspecified atom stereocenters. The van der Waals surface area contributed by atoms with Crippen molar-refractivity contribution in [2.24, 2.45) is 0 Å². The van der Waals surface area contributed by atoms with E-state index >= 15 is 0 Å². The average molecular weight is 459 g/mol. The number of hydrogen-bond donors (Lipinski definition) is 1. The van der Waals surface area contributed by atoms with Crippen LogP contribution in [0, 0.1) is 11.6 Å². The normalized spacial score (nSPS) is 17.7. The van der Waals surface area contributed by atoms with E-state index in [1.165, 1.54) is 12.2 Å². The van der Waals surface area contributed by atoms with Gasteiger partial charge in [-0.2, -0.15) is 0 Å². The summed E-state index contributed by atoms with van der Waals surface area (Å²) in [7, 11) is 0. The third-order valence-corrected chi connectivity index (χ3v) is 6.03. The Labute approximate surface area is 191 Å². The summed E-state index contributed by atoms with van der Waals surface area (Å²) in [6.07, 6.45) is 2.59. The summed E-state index contributed by atoms with van der Waals surface area (Å²) in [5.74, 6) is 0.251. The molecular formula is C23H28F2N6O2. The standard InChI is InChI=1S/C23H28F2N6O2/c24-19-2-3-20(25)18(17-19)1-6-23(33)31-13-11-30(12-14-31)22-5-4-21(26-27-22)29-9-7-28(8-10-29)15-16-32/h1-6,17,32H,7-16H2/b6-1+. The van der Waals surface area contributed by atoms with E-state index in [1.807, 2.05) is 12.1 Å². The van der Waals surface area contributed by atoms with Crippen LogP contribution in [0.5, 0.6) is 0 Å². The minimum absolute atomic E-state index is 0.0483. The Kier molecular flexibility index (Phi) is 7.46. The number of piperazine rings is 2. The van der Waals surface area contributed by atoms with Crippen LogP contribution in [0.25, 0.3) is 6.08 Å². The van der Waals surface area contributed by atoms with Gasteiger partial charge in [0, 0.05) is 70.5 Å². The zero-order valence-electron chi connectivity index (χ0n) is 18.4. The fraction of sp³-hybridized carbons (Fsp3) is 0.435. The number of aliphatic hydroxyl groups excluding tert-OH is 1. The molecule has 2 aliphatic rings. The Balaban J connectivity index is 1.28. The first-order chi connectivity index (χ1) is 16.0. The molecule has 0 radical (unpaired) electrons. The van der Waals surface area contributed by atoms with E-state index in [0.29, 0.717) is 32.7 Å². The molecule has 0 saturated carbocycles. The van der Waals surface area contributed by atoms with Crippen LogP contribution in [0.3, 0.4) is 0 Å². The first kappa shape index (κ1) is 23.1. The van der Waals surface area contributed by atoms with Crippen molar-refractivity contribution in [1.29, 1.82) is 0 Å². The number of benzene rings is 1. The Bertz CT molecular complexity index is 971. The average Bonchev–Trinajstić information content (AvgIpc) is 2.85. The molecule has 0 atom stereocenters. The van der Waals surface area contributed by atoms with Gasteiger partial charge in [0.25, 0.3) is 0 Å². The molecule has 1 amide bonds. The minimum Gasteiger partial charge on any atom is -0.395 e. The molecule has 2 saturated heterocycles. The van der Waals surface area contributed by atoms with Crippen molar-refractivity contribution in [1.82, 2.24) is 20.0 Å². The van der Waals surface area contributed by atoms with Crippen LogP contribution in [0.2, 0.25) is 0 Å². The van der Waals surface area contributed by atoms with Crippen molar-refractivity contribution >= 4 is 23.6 Å². The van der Waals surface area contributed by atoms with E-state index in [4.69, 9.17) is 5.11 Å². The van der Waals surface area contributed by atoms with Gasteiger partial charge in [-0.3, -0.25) is 9.69 Å². The first-order valence-electron chi connectivity index (χ1n) is 11.1. The van der Waals surface area contributed by atoms with Crippen molar-refractivity contribution in [2.75, 3.05) is 75.3 Å². The van der Waals surface area contributed by atoms with Crippen LogP contribution in [0.1, 0.15) is 5.56 Å². The molecule has 1 aromatic heterocycles. The number of rotatable bonds is 6. The van der Waals surface area contributed by atoms with E-state index < -0.39 is 11.6 Å². The number of β-amino-alcohol motifs (C(OH)–C–C–N with tert-alkyl or cyclic N) is 1. The molecule has 10 heteroatoms. The van der Waals surface area contributed by atoms with Crippen molar-refractivity contribution < 1.29 is 18.7 Å². The van der Waals surface area contributed by atoms with E-state index in [1.54, 1.807) is 4.90 Å². The van der Waals surface area contributed by atoms with Crippen LogP contribution >= 0.6 is 0 Å². The topological polar surface area (TPSA) is 76.0 Å². The third kappa shape index (κ3) is 5.82. The Morgan fingerprint density at radius 2 is 1.52 bits per heavy atom. The molecule has 176 valence electrons. The van der Waals surface area contributed by atoms with Crippen LogP contribution in [-0.2, 0) is 4.79 Å². The number of aliphatic hydroxyl groups is 1. The Hall–Kier alpha value is -3.11. The molecule has 0 spiro atoms. The molecule has 2 aliphatic heterocycles. The van der Waals surface area contributed by atoms with E-state index in [9.17, 15) is 13.6 Å². The summed E-state index contributed by atoms with van der Waals surface area (Å²) in [5.41, 5.74) is 0.0483. The highest BCUT2D eigenvalue weighted by Crippen LogP contribution is 2.18. The largest absolute Gasteiger partial charge is 0.395 e. The summed E-state index contributed by atoms with van der Waals surface area (Å²) >= 11 is 0. The minimum atomic E-state index is -0.570. The highest BCUT2D eigenvalue weighted by Gasteiger charge is 2.22. The quantitative estimate of drug-likeness (QED) is 0.653. The van der Waals surface area contributed by atoms with E-state index in [2.05, 4.69) is 24.9 Å². The van der Waals surface area contributed by atoms with Gasteiger partial charge in [-0.05, 0) is 36.4 Å². The summed E-state index contributed by atoms with van der Waals surface area (Å²) in [6, 6.07) is 7.07. The smallest absolute Gasteiger partial charge is 0.246 e. The van der Waals surface area contributed by atoms with Gasteiger partial charge in [0.2, 0.25) is 5.91 Å². The van der Waals surface area contributed by atoms with Crippen molar-refractivity contribution in [3.05, 3.63) is 53.6 Å². The molecule has 8 nitrogen and oxygen atoms in total. The lowest BCUT2D eigenvalue weighted by Crippen LogP contribution is -2.49. The lowest BCUT2D eigenvalue weighted by molar-refractivity contribution is -0.126. The number of carbonyl (C=O) groups excluding carboxylic acids is 1. The highest BCUT2D eigenvalue weighted by atomic mass is 19.1. The lowest BCUT2D eigenvalue weighted by atomic mass is 10.2. The molecule has 4 rings (SSSR count). The fourth-order valence-electron chi connectivity index (χ4n) is 4.06. The second kappa shape index (κ2) is 10.7.